The van der Waals surface area contributed by atoms with Crippen LogP contribution in [0.1, 0.15) is 0 Å². The number of ether oxygens (including phenoxy) is 2. The number of benzene rings is 2. The lowest BCUT2D eigenvalue weighted by Gasteiger charge is -2.38. The summed E-state index contributed by atoms with van der Waals surface area (Å²) in [7, 11) is -4.28. The maximum atomic E-state index is 13.6. The highest BCUT2D eigenvalue weighted by atomic mass is 35.5. The van der Waals surface area contributed by atoms with E-state index in [2.05, 4.69) is 10.6 Å². The molecule has 11 nitrogen and oxygen atoms in total. The van der Waals surface area contributed by atoms with Crippen molar-refractivity contribution in [1.82, 2.24) is 5.32 Å². The first-order valence-corrected chi connectivity index (χ1v) is 11.7. The highest BCUT2D eigenvalue weighted by Gasteiger charge is 2.42. The van der Waals surface area contributed by atoms with Crippen LogP contribution < -0.4 is 25.4 Å². The predicted molar refractivity (Wildman–Crippen MR) is 119 cm³/mol. The Morgan fingerprint density at radius 3 is 2.62 bits per heavy atom. The van der Waals surface area contributed by atoms with Gasteiger partial charge in [-0.1, -0.05) is 11.6 Å². The van der Waals surface area contributed by atoms with Crippen LogP contribution in [0.15, 0.2) is 41.3 Å². The van der Waals surface area contributed by atoms with E-state index in [0.29, 0.717) is 0 Å². The smallest absolute Gasteiger partial charge is 0.409 e. The Balaban J connectivity index is 1.66. The van der Waals surface area contributed by atoms with Gasteiger partial charge in [0.2, 0.25) is 5.91 Å². The van der Waals surface area contributed by atoms with Crippen LogP contribution >= 0.6 is 11.6 Å². The molecule has 14 heteroatoms. The van der Waals surface area contributed by atoms with Crippen molar-refractivity contribution in [3.05, 3.63) is 47.2 Å². The number of sulfonamides is 1. The van der Waals surface area contributed by atoms with Crippen LogP contribution in [0.5, 0.6) is 5.75 Å². The van der Waals surface area contributed by atoms with Gasteiger partial charge in [-0.3, -0.25) is 14.4 Å². The summed E-state index contributed by atoms with van der Waals surface area (Å²) in [6.07, 6.45) is -2.15. The molecular formula is C20H20ClFN4O7S. The summed E-state index contributed by atoms with van der Waals surface area (Å²) in [4.78, 5) is 23.1. The Bertz CT molecular complexity index is 1260. The Morgan fingerprint density at radius 1 is 1.26 bits per heavy atom. The zero-order chi connectivity index (χ0) is 24.7. The number of nitrogens with zero attached hydrogens (tertiary/aromatic N) is 1. The van der Waals surface area contributed by atoms with Crippen molar-refractivity contribution in [3.63, 3.8) is 0 Å². The molecule has 182 valence electrons. The summed E-state index contributed by atoms with van der Waals surface area (Å²) in [5.41, 5.74) is 4.92. The van der Waals surface area contributed by atoms with Crippen LogP contribution in [0, 0.1) is 5.82 Å². The third-order valence-electron chi connectivity index (χ3n) is 5.28. The largest absolute Gasteiger partial charge is 0.484 e. The standard InChI is InChI=1S/C20H20ClFN4O7S/c21-14-6-13(2-3-15(14)22)34(30,31)26-8-12(7-24-18(27)20(23)9-32-10-20)33-17-4-1-11(5-16(17)26)25-19(28)29/h1-6,12,25H,7-10,23H2,(H,24,27)(H,28,29). The fourth-order valence-electron chi connectivity index (χ4n) is 3.45. The molecule has 2 amide bonds. The van der Waals surface area contributed by atoms with E-state index in [4.69, 9.17) is 31.9 Å². The molecule has 1 saturated heterocycles. The molecule has 0 aromatic heterocycles. The zero-order valence-electron chi connectivity index (χ0n) is 17.5. The van der Waals surface area contributed by atoms with Crippen molar-refractivity contribution < 1.29 is 37.0 Å². The van der Waals surface area contributed by atoms with Gasteiger partial charge < -0.3 is 25.6 Å². The number of hydrogen-bond acceptors (Lipinski definition) is 7. The average Bonchev–Trinajstić information content (AvgIpc) is 2.76. The van der Waals surface area contributed by atoms with E-state index in [1.165, 1.54) is 18.2 Å². The minimum Gasteiger partial charge on any atom is -0.484 e. The number of nitrogens with one attached hydrogen (secondary N) is 2. The number of rotatable bonds is 6. The fourth-order valence-corrected chi connectivity index (χ4v) is 5.22. The maximum absolute atomic E-state index is 13.6. The molecule has 2 aromatic rings. The number of carbonyl (C=O) groups excluding carboxylic acids is 1. The minimum absolute atomic E-state index is 0.0527. The van der Waals surface area contributed by atoms with Crippen molar-refractivity contribution in [1.29, 1.82) is 0 Å². The van der Waals surface area contributed by atoms with Crippen LogP contribution in [0.2, 0.25) is 5.02 Å². The van der Waals surface area contributed by atoms with Crippen molar-refractivity contribution in [2.24, 2.45) is 5.73 Å². The summed E-state index contributed by atoms with van der Waals surface area (Å²) < 4.78 is 52.4. The van der Waals surface area contributed by atoms with Gasteiger partial charge in [0.05, 0.1) is 41.9 Å². The van der Waals surface area contributed by atoms with Crippen LogP contribution in [0.25, 0.3) is 0 Å². The first-order chi connectivity index (χ1) is 16.0. The number of nitrogens with two attached hydrogens (primary N) is 1. The van der Waals surface area contributed by atoms with Crippen LogP contribution in [-0.4, -0.2) is 63.5 Å². The first kappa shape index (κ1) is 24.0. The highest BCUT2D eigenvalue weighted by molar-refractivity contribution is 7.92. The summed E-state index contributed by atoms with van der Waals surface area (Å²) in [5.74, 6) is -1.12. The molecule has 0 radical (unpaired) electrons. The van der Waals surface area contributed by atoms with Gasteiger partial charge in [-0.25, -0.2) is 17.6 Å². The molecule has 0 saturated carbocycles. The average molecular weight is 515 g/mol. The van der Waals surface area contributed by atoms with E-state index in [1.807, 2.05) is 0 Å². The molecule has 0 aliphatic carbocycles. The predicted octanol–water partition coefficient (Wildman–Crippen LogP) is 1.37. The van der Waals surface area contributed by atoms with Crippen molar-refractivity contribution in [3.8, 4) is 5.75 Å². The molecule has 2 aromatic carbocycles. The van der Waals surface area contributed by atoms with Gasteiger partial charge in [0.25, 0.3) is 10.0 Å². The maximum Gasteiger partial charge on any atom is 0.409 e. The molecule has 2 heterocycles. The SMILES string of the molecule is NC1(C(=O)NCC2CN(S(=O)(=O)c3ccc(F)c(Cl)c3)c3cc(NC(=O)O)ccc3O2)COC1. The number of carbonyl (C=O) groups is 2. The summed E-state index contributed by atoms with van der Waals surface area (Å²) in [6.45, 7) is -0.172. The van der Waals surface area contributed by atoms with Crippen molar-refractivity contribution in [2.75, 3.05) is 35.9 Å². The molecule has 4 rings (SSSR count). The molecule has 0 bridgehead atoms. The van der Waals surface area contributed by atoms with E-state index in [0.717, 1.165) is 22.5 Å². The van der Waals surface area contributed by atoms with Gasteiger partial charge in [-0.2, -0.15) is 0 Å². The molecule has 1 atom stereocenters. The molecule has 34 heavy (non-hydrogen) atoms. The van der Waals surface area contributed by atoms with Gasteiger partial charge in [-0.15, -0.1) is 0 Å². The van der Waals surface area contributed by atoms with Crippen molar-refractivity contribution in [2.45, 2.75) is 16.5 Å². The quantitative estimate of drug-likeness (QED) is 0.449. The van der Waals surface area contributed by atoms with E-state index in [1.54, 1.807) is 0 Å². The van der Waals surface area contributed by atoms with Gasteiger partial charge >= 0.3 is 6.09 Å². The van der Waals surface area contributed by atoms with Gasteiger partial charge in [0.1, 0.15) is 23.2 Å². The summed E-state index contributed by atoms with van der Waals surface area (Å²) >= 11 is 5.79. The topological polar surface area (TPSA) is 160 Å². The number of carboxylic acid groups (broad SMARTS) is 1. The molecule has 0 spiro atoms. The lowest BCUT2D eigenvalue weighted by atomic mass is 9.98. The second kappa shape index (κ2) is 8.91. The first-order valence-electron chi connectivity index (χ1n) is 9.93. The van der Waals surface area contributed by atoms with Crippen LogP contribution in [0.3, 0.4) is 0 Å². The Labute approximate surface area is 198 Å². The monoisotopic (exact) mass is 514 g/mol. The Hall–Kier alpha value is -3.13. The molecular weight excluding hydrogens is 495 g/mol. The molecule has 1 fully saturated rings. The Kier molecular flexibility index (Phi) is 6.29. The zero-order valence-corrected chi connectivity index (χ0v) is 19.0. The van der Waals surface area contributed by atoms with Crippen LogP contribution in [0.4, 0.5) is 20.6 Å². The van der Waals surface area contributed by atoms with Gasteiger partial charge in [0, 0.05) is 5.69 Å². The number of hydrogen-bond donors (Lipinski definition) is 4. The van der Waals surface area contributed by atoms with E-state index in [9.17, 15) is 22.4 Å². The lowest BCUT2D eigenvalue weighted by Crippen LogP contribution is -2.67. The molecule has 1 unspecified atom stereocenters. The van der Waals surface area contributed by atoms with E-state index in [-0.39, 0.29) is 53.3 Å². The summed E-state index contributed by atoms with van der Waals surface area (Å²) in [5, 5.41) is 13.4. The normalized spacial score (nSPS) is 18.8. The highest BCUT2D eigenvalue weighted by Crippen LogP contribution is 2.39. The minimum atomic E-state index is -4.28. The molecule has 2 aliphatic heterocycles. The van der Waals surface area contributed by atoms with E-state index >= 15 is 0 Å². The van der Waals surface area contributed by atoms with Crippen LogP contribution in [-0.2, 0) is 19.6 Å². The second-order valence-electron chi connectivity index (χ2n) is 7.82. The third kappa shape index (κ3) is 4.59. The van der Waals surface area contributed by atoms with Gasteiger partial charge in [0.15, 0.2) is 0 Å². The summed E-state index contributed by atoms with van der Waals surface area (Å²) in [6, 6.07) is 7.06. The molecule has 5 N–H and O–H groups in total. The van der Waals surface area contributed by atoms with Gasteiger partial charge in [-0.05, 0) is 36.4 Å². The number of anilines is 2. The Morgan fingerprint density at radius 2 is 2.00 bits per heavy atom. The number of halogens is 2. The second-order valence-corrected chi connectivity index (χ2v) is 10.1. The van der Waals surface area contributed by atoms with Crippen molar-refractivity contribution >= 4 is 45.0 Å². The fraction of sp³-hybridized carbons (Fsp3) is 0.300. The number of amides is 2. The molecule has 2 aliphatic rings. The third-order valence-corrected chi connectivity index (χ3v) is 7.35. The number of fused-ring (bicyclic) bond motifs is 1. The lowest BCUT2D eigenvalue weighted by molar-refractivity contribution is -0.143. The van der Waals surface area contributed by atoms with E-state index < -0.39 is 39.5 Å².